The highest BCUT2D eigenvalue weighted by molar-refractivity contribution is 5.45. The lowest BCUT2D eigenvalue weighted by Gasteiger charge is -2.18. The first-order chi connectivity index (χ1) is 5.86. The van der Waals surface area contributed by atoms with Crippen LogP contribution in [0.1, 0.15) is 12.8 Å². The van der Waals surface area contributed by atoms with Crippen LogP contribution < -0.4 is 4.90 Å². The van der Waals surface area contributed by atoms with Crippen LogP contribution in [0.2, 0.25) is 0 Å². The molecule has 0 atom stereocenters. The summed E-state index contributed by atoms with van der Waals surface area (Å²) in [7, 11) is 2.17. The molecule has 1 heteroatoms. The topological polar surface area (TPSA) is 3.24 Å². The van der Waals surface area contributed by atoms with Gasteiger partial charge in [-0.1, -0.05) is 18.2 Å². The Labute approximate surface area is 74.0 Å². The fourth-order valence-electron chi connectivity index (χ4n) is 1.48. The molecule has 1 aliphatic rings. The standard InChI is InChI=1S/C11H15N/c1-12(9-10-7-8-10)11-5-3-2-4-6-11/h2-6,10H,7-9H2,1H3. The van der Waals surface area contributed by atoms with Crippen molar-refractivity contribution < 1.29 is 0 Å². The molecule has 1 fully saturated rings. The maximum absolute atomic E-state index is 2.34. The molecule has 0 unspecified atom stereocenters. The maximum Gasteiger partial charge on any atom is 0.0363 e. The summed E-state index contributed by atoms with van der Waals surface area (Å²) < 4.78 is 0. The van der Waals surface area contributed by atoms with E-state index < -0.39 is 0 Å². The number of hydrogen-bond acceptors (Lipinski definition) is 1. The van der Waals surface area contributed by atoms with Crippen LogP contribution in [0.15, 0.2) is 30.3 Å². The second-order valence-electron chi connectivity index (χ2n) is 3.66. The highest BCUT2D eigenvalue weighted by Gasteiger charge is 2.22. The van der Waals surface area contributed by atoms with E-state index in [1.165, 1.54) is 25.1 Å². The molecular formula is C11H15N. The van der Waals surface area contributed by atoms with Gasteiger partial charge in [-0.3, -0.25) is 0 Å². The average molecular weight is 161 g/mol. The van der Waals surface area contributed by atoms with Gasteiger partial charge < -0.3 is 4.90 Å². The van der Waals surface area contributed by atoms with Gasteiger partial charge in [0.25, 0.3) is 0 Å². The number of benzene rings is 1. The molecule has 0 radical (unpaired) electrons. The molecule has 1 nitrogen and oxygen atoms in total. The summed E-state index contributed by atoms with van der Waals surface area (Å²) in [6, 6.07) is 10.6. The lowest BCUT2D eigenvalue weighted by molar-refractivity contribution is 0.787. The van der Waals surface area contributed by atoms with Crippen molar-refractivity contribution in [2.45, 2.75) is 12.8 Å². The highest BCUT2D eigenvalue weighted by atomic mass is 15.1. The van der Waals surface area contributed by atoms with Gasteiger partial charge in [0.2, 0.25) is 0 Å². The molecule has 1 aromatic carbocycles. The lowest BCUT2D eigenvalue weighted by atomic mass is 10.3. The van der Waals surface area contributed by atoms with Crippen molar-refractivity contribution in [3.05, 3.63) is 30.3 Å². The van der Waals surface area contributed by atoms with Gasteiger partial charge in [0.15, 0.2) is 0 Å². The predicted octanol–water partition coefficient (Wildman–Crippen LogP) is 2.53. The summed E-state index contributed by atoms with van der Waals surface area (Å²) in [5.41, 5.74) is 1.34. The lowest BCUT2D eigenvalue weighted by Crippen LogP contribution is -2.19. The molecule has 0 aromatic heterocycles. The summed E-state index contributed by atoms with van der Waals surface area (Å²) in [6.07, 6.45) is 2.86. The van der Waals surface area contributed by atoms with E-state index in [0.29, 0.717) is 0 Å². The zero-order chi connectivity index (χ0) is 8.39. The molecule has 1 aliphatic carbocycles. The van der Waals surface area contributed by atoms with Crippen LogP contribution in [0, 0.1) is 5.92 Å². The quantitative estimate of drug-likeness (QED) is 0.658. The second-order valence-corrected chi connectivity index (χ2v) is 3.66. The summed E-state index contributed by atoms with van der Waals surface area (Å²) in [5, 5.41) is 0. The number of nitrogens with zero attached hydrogens (tertiary/aromatic N) is 1. The van der Waals surface area contributed by atoms with Gasteiger partial charge in [0.05, 0.1) is 0 Å². The first kappa shape index (κ1) is 7.66. The van der Waals surface area contributed by atoms with E-state index in [1.54, 1.807) is 0 Å². The van der Waals surface area contributed by atoms with Crippen LogP contribution in [-0.2, 0) is 0 Å². The predicted molar refractivity (Wildman–Crippen MR) is 52.4 cm³/mol. The van der Waals surface area contributed by atoms with Crippen molar-refractivity contribution in [3.8, 4) is 0 Å². The van der Waals surface area contributed by atoms with Gasteiger partial charge in [-0.25, -0.2) is 0 Å². The van der Waals surface area contributed by atoms with Gasteiger partial charge in [-0.15, -0.1) is 0 Å². The Kier molecular flexibility index (Phi) is 2.03. The van der Waals surface area contributed by atoms with Crippen molar-refractivity contribution in [1.29, 1.82) is 0 Å². The second kappa shape index (κ2) is 3.18. The number of para-hydroxylation sites is 1. The molecule has 0 amide bonds. The van der Waals surface area contributed by atoms with Crippen molar-refractivity contribution in [1.82, 2.24) is 0 Å². The van der Waals surface area contributed by atoms with Crippen LogP contribution in [0.3, 0.4) is 0 Å². The molecule has 0 aliphatic heterocycles. The van der Waals surface area contributed by atoms with Crippen LogP contribution in [0.4, 0.5) is 5.69 Å². The summed E-state index contributed by atoms with van der Waals surface area (Å²) in [5.74, 6) is 0.968. The van der Waals surface area contributed by atoms with Crippen LogP contribution in [0.25, 0.3) is 0 Å². The summed E-state index contributed by atoms with van der Waals surface area (Å²) in [6.45, 7) is 1.23. The van der Waals surface area contributed by atoms with E-state index in [9.17, 15) is 0 Å². The Bertz CT molecular complexity index is 238. The largest absolute Gasteiger partial charge is 0.374 e. The molecule has 0 spiro atoms. The van der Waals surface area contributed by atoms with E-state index >= 15 is 0 Å². The Hall–Kier alpha value is -0.980. The summed E-state index contributed by atoms with van der Waals surface area (Å²) >= 11 is 0. The molecule has 0 bridgehead atoms. The molecule has 1 saturated carbocycles. The number of anilines is 1. The molecule has 1 aromatic rings. The fourth-order valence-corrected chi connectivity index (χ4v) is 1.48. The molecule has 0 N–H and O–H groups in total. The third kappa shape index (κ3) is 1.79. The van der Waals surface area contributed by atoms with Crippen LogP contribution in [-0.4, -0.2) is 13.6 Å². The van der Waals surface area contributed by atoms with Gasteiger partial charge in [0.1, 0.15) is 0 Å². The average Bonchev–Trinajstić information content (AvgIpc) is 2.90. The third-order valence-corrected chi connectivity index (χ3v) is 2.43. The van der Waals surface area contributed by atoms with E-state index in [1.807, 2.05) is 0 Å². The zero-order valence-corrected chi connectivity index (χ0v) is 7.53. The van der Waals surface area contributed by atoms with Crippen molar-refractivity contribution in [2.75, 3.05) is 18.5 Å². The SMILES string of the molecule is CN(CC1CC1)c1ccccc1. The molecule has 64 valence electrons. The Balaban J connectivity index is 1.98. The third-order valence-electron chi connectivity index (χ3n) is 2.43. The minimum absolute atomic E-state index is 0.968. The van der Waals surface area contributed by atoms with E-state index in [0.717, 1.165) is 5.92 Å². The smallest absolute Gasteiger partial charge is 0.0363 e. The Morgan fingerprint density at radius 1 is 1.25 bits per heavy atom. The highest BCUT2D eigenvalue weighted by Crippen LogP contribution is 2.30. The molecule has 2 rings (SSSR count). The summed E-state index contributed by atoms with van der Waals surface area (Å²) in [4.78, 5) is 2.34. The van der Waals surface area contributed by atoms with Gasteiger partial charge in [-0.05, 0) is 30.9 Å². The fraction of sp³-hybridized carbons (Fsp3) is 0.455. The maximum atomic E-state index is 2.34. The van der Waals surface area contributed by atoms with Gasteiger partial charge >= 0.3 is 0 Å². The van der Waals surface area contributed by atoms with Gasteiger partial charge in [-0.2, -0.15) is 0 Å². The first-order valence-electron chi connectivity index (χ1n) is 4.62. The molecule has 0 saturated heterocycles. The minimum Gasteiger partial charge on any atom is -0.374 e. The Morgan fingerprint density at radius 2 is 1.92 bits per heavy atom. The normalized spacial score (nSPS) is 16.1. The first-order valence-corrected chi connectivity index (χ1v) is 4.62. The Morgan fingerprint density at radius 3 is 2.50 bits per heavy atom. The molecule has 12 heavy (non-hydrogen) atoms. The monoisotopic (exact) mass is 161 g/mol. The van der Waals surface area contributed by atoms with E-state index in [2.05, 4.69) is 42.3 Å². The van der Waals surface area contributed by atoms with Crippen LogP contribution >= 0.6 is 0 Å². The minimum atomic E-state index is 0.968. The molecular weight excluding hydrogens is 146 g/mol. The zero-order valence-electron chi connectivity index (χ0n) is 7.53. The number of hydrogen-bond donors (Lipinski definition) is 0. The van der Waals surface area contributed by atoms with Gasteiger partial charge in [0, 0.05) is 19.3 Å². The number of rotatable bonds is 3. The van der Waals surface area contributed by atoms with E-state index in [-0.39, 0.29) is 0 Å². The molecule has 0 heterocycles. The van der Waals surface area contributed by atoms with Crippen molar-refractivity contribution in [3.63, 3.8) is 0 Å². The van der Waals surface area contributed by atoms with Crippen molar-refractivity contribution in [2.24, 2.45) is 5.92 Å². The van der Waals surface area contributed by atoms with E-state index in [4.69, 9.17) is 0 Å². The van der Waals surface area contributed by atoms with Crippen molar-refractivity contribution >= 4 is 5.69 Å². The van der Waals surface area contributed by atoms with Crippen LogP contribution in [0.5, 0.6) is 0 Å².